The topological polar surface area (TPSA) is 431 Å². The molecule has 4 aromatic carbocycles. The van der Waals surface area contributed by atoms with Gasteiger partial charge in [-0.2, -0.15) is 0 Å². The molecule has 11 heterocycles. The van der Waals surface area contributed by atoms with Crippen molar-refractivity contribution in [3.05, 3.63) is 238 Å². The molecule has 654 valence electrons. The summed E-state index contributed by atoms with van der Waals surface area (Å²) in [5.41, 5.74) is 9.08. The van der Waals surface area contributed by atoms with E-state index in [1.165, 1.54) is 81.2 Å². The van der Waals surface area contributed by atoms with Crippen molar-refractivity contribution < 1.29 is 112 Å². The van der Waals surface area contributed by atoms with Crippen molar-refractivity contribution in [2.24, 2.45) is 0 Å². The number of fused-ring (bicyclic) bond motifs is 4. The van der Waals surface area contributed by atoms with Gasteiger partial charge in [-0.1, -0.05) is 60.1 Å². The van der Waals surface area contributed by atoms with Crippen LogP contribution < -0.4 is 79.9 Å². The molecule has 7 N–H and O–H groups in total. The van der Waals surface area contributed by atoms with Crippen LogP contribution in [0.15, 0.2) is 163 Å². The number of nitrogens with two attached hydrogens (primary N) is 1. The van der Waals surface area contributed by atoms with Gasteiger partial charge >= 0.3 is 42.1 Å². The van der Waals surface area contributed by atoms with Crippen LogP contribution in [-0.4, -0.2) is 108 Å². The third-order valence-electron chi connectivity index (χ3n) is 22.0. The van der Waals surface area contributed by atoms with Gasteiger partial charge in [0.25, 0.3) is 5.88 Å². The van der Waals surface area contributed by atoms with Crippen molar-refractivity contribution in [3.63, 3.8) is 0 Å². The van der Waals surface area contributed by atoms with Gasteiger partial charge in [0, 0.05) is 47.4 Å². The third kappa shape index (κ3) is 17.3. The van der Waals surface area contributed by atoms with Crippen molar-refractivity contribution in [2.45, 2.75) is 126 Å². The predicted molar refractivity (Wildman–Crippen MR) is 433 cm³/mol. The summed E-state index contributed by atoms with van der Waals surface area (Å²) >= 11 is 5.97. The van der Waals surface area contributed by atoms with E-state index in [2.05, 4.69) is 94.0 Å². The second-order valence-electron chi connectivity index (χ2n) is 30.5. The Morgan fingerprint density at radius 3 is 1.01 bits per heavy atom. The predicted octanol–water partition coefficient (Wildman–Crippen LogP) is 16.1. The zero-order valence-corrected chi connectivity index (χ0v) is 67.7. The van der Waals surface area contributed by atoms with Crippen molar-refractivity contribution in [1.82, 2.24) is 34.9 Å². The number of nitro groups is 2. The first kappa shape index (κ1) is 85.5. The molecule has 0 unspecified atom stereocenters. The fourth-order valence-electron chi connectivity index (χ4n) is 14.6. The zero-order valence-electron chi connectivity index (χ0n) is 67.0. The number of nitrogen functional groups attached to an aromatic ring is 1. The Morgan fingerprint density at radius 1 is 0.409 bits per heavy atom. The van der Waals surface area contributed by atoms with E-state index in [1.54, 1.807) is 92.8 Å². The molecule has 4 aliphatic heterocycles. The Labute approximate surface area is 715 Å². The molecule has 0 bridgehead atoms. The lowest BCUT2D eigenvalue weighted by atomic mass is 9.94. The standard InChI is InChI=1S/C23H18F2N4O6.C23H20F2N4O4.C22H16F2N4O6.C17H13ClF2N2O3/c1-12-3-6-18(27-19(12)13-9-15(29(31)32)20(33-2)26-11-13)28-21(30)22(7-8-22)14-4-5-16-17(10-14)35-23(24,25)34-16;1-12-3-6-18(28-19(12)13-9-15(26)20(31-2)27-11-13)29-21(30)22(7-8-22)14-4-5-16-17(10-14)33-23(24,25)32-16;1-11-2-5-17(26-18(11)12-8-14(28(31)32)19(29)25-10-12)27-20(30)21(6-7-21)13-3-4-15-16(9-13)34-22(23,24)33-15;1-9-2-5-13(21-14(9)18)22-15(23)16(6-7-16)10-3-4-11-12(8-10)25-17(19,20)24-11/h3-6,9-11H,7-8H2,1-2H3,(H,27,28,30);3-6,9-11H,7-8,26H2,1-2H3,(H,28,29,30);2-5,8-10H,6-7H2,1H3,(H,25,29)(H,26,27,30);2-5,8H,6-7H2,1H3,(H,21,22,23). The number of aromatic nitrogens is 7. The van der Waals surface area contributed by atoms with Gasteiger partial charge in [0.05, 0.1) is 68.5 Å². The normalized spacial score (nSPS) is 17.1. The quantitative estimate of drug-likeness (QED) is 0.0189. The molecule has 0 radical (unpaired) electrons. The number of hydrogen-bond donors (Lipinski definition) is 6. The van der Waals surface area contributed by atoms with Crippen LogP contribution in [0.4, 0.5) is 75.5 Å². The molecule has 42 heteroatoms. The number of rotatable bonds is 19. The number of anilines is 5. The maximum Gasteiger partial charge on any atom is 0.586 e. The molecular formula is C85H67ClF8N14O19. The van der Waals surface area contributed by atoms with E-state index in [9.17, 15) is 79.3 Å². The highest BCUT2D eigenvalue weighted by atomic mass is 35.5. The van der Waals surface area contributed by atoms with Gasteiger partial charge in [-0.05, 0) is 202 Å². The lowest BCUT2D eigenvalue weighted by Gasteiger charge is -2.17. The molecule has 0 atom stereocenters. The number of ether oxygens (including phenoxy) is 10. The highest BCUT2D eigenvalue weighted by Gasteiger charge is 2.57. The number of methoxy groups -OCH3 is 2. The molecule has 4 amide bonds. The Bertz CT molecular complexity index is 6470. The average molecular weight is 1780 g/mol. The molecule has 0 saturated heterocycles. The first-order valence-corrected chi connectivity index (χ1v) is 38.9. The molecular weight excluding hydrogens is 1710 g/mol. The fourth-order valence-corrected chi connectivity index (χ4v) is 14.8. The van der Waals surface area contributed by atoms with E-state index in [-0.39, 0.29) is 92.8 Å². The van der Waals surface area contributed by atoms with E-state index < -0.39 is 67.9 Å². The highest BCUT2D eigenvalue weighted by molar-refractivity contribution is 6.30. The number of aromatic amines is 1. The molecule has 33 nitrogen and oxygen atoms in total. The minimum atomic E-state index is -3.75. The van der Waals surface area contributed by atoms with E-state index in [0.717, 1.165) is 17.2 Å². The van der Waals surface area contributed by atoms with Crippen LogP contribution in [0.25, 0.3) is 33.8 Å². The van der Waals surface area contributed by atoms with Gasteiger partial charge in [0.15, 0.2) is 46.0 Å². The summed E-state index contributed by atoms with van der Waals surface area (Å²) in [5.74, 6) is -0.691. The molecule has 0 spiro atoms. The van der Waals surface area contributed by atoms with E-state index in [0.29, 0.717) is 147 Å². The summed E-state index contributed by atoms with van der Waals surface area (Å²) in [4.78, 5) is 113. The minimum Gasteiger partial charge on any atom is -0.480 e. The van der Waals surface area contributed by atoms with Crippen LogP contribution in [-0.2, 0) is 40.8 Å². The van der Waals surface area contributed by atoms with Crippen molar-refractivity contribution >= 4 is 75.6 Å². The minimum absolute atomic E-state index is 0.0445. The SMILES string of the molecule is COc1ncc(-c2nc(NC(=O)C3(c4ccc5c(c4)OC(F)(F)O5)CC3)ccc2C)cc1N.COc1ncc(-c2nc(NC(=O)C3(c4ccc5c(c4)OC(F)(F)O5)CC3)ccc2C)cc1[N+](=O)[O-].Cc1ccc(NC(=O)C2(c3ccc4c(c3)OC(F)(F)O4)CC2)nc1-c1c[nH]c(=O)c([N+](=O)[O-])c1.Cc1ccc(NC(=O)C2(c3ccc4c(c3)OC(F)(F)O4)CC2)nc1Cl. The zero-order chi connectivity index (χ0) is 90.4. The molecule has 4 saturated carbocycles. The van der Waals surface area contributed by atoms with Gasteiger partial charge in [0.2, 0.25) is 29.5 Å². The molecule has 19 rings (SSSR count). The number of benzene rings is 4. The van der Waals surface area contributed by atoms with Crippen LogP contribution in [0.3, 0.4) is 0 Å². The average Bonchev–Trinajstić information content (AvgIpc) is 1.60. The Hall–Kier alpha value is -15.1. The first-order chi connectivity index (χ1) is 60.2. The summed E-state index contributed by atoms with van der Waals surface area (Å²) in [7, 11) is 2.77. The number of aryl methyl sites for hydroxylation is 4. The number of alkyl halides is 8. The number of amides is 4. The van der Waals surface area contributed by atoms with Crippen LogP contribution in [0.2, 0.25) is 5.15 Å². The van der Waals surface area contributed by atoms with Crippen LogP contribution >= 0.6 is 11.6 Å². The number of nitrogens with zero attached hydrogens (tertiary/aromatic N) is 8. The molecule has 4 fully saturated rings. The van der Waals surface area contributed by atoms with E-state index in [1.807, 2.05) is 19.9 Å². The van der Waals surface area contributed by atoms with Crippen LogP contribution in [0.1, 0.15) is 95.9 Å². The second kappa shape index (κ2) is 31.9. The van der Waals surface area contributed by atoms with Gasteiger partial charge in [-0.15, -0.1) is 35.1 Å². The smallest absolute Gasteiger partial charge is 0.480 e. The number of hydrogen-bond acceptors (Lipinski definition) is 26. The van der Waals surface area contributed by atoms with Crippen molar-refractivity contribution in [1.29, 1.82) is 0 Å². The van der Waals surface area contributed by atoms with Gasteiger partial charge in [-0.3, -0.25) is 44.2 Å². The third-order valence-corrected chi connectivity index (χ3v) is 22.4. The maximum atomic E-state index is 13.4. The van der Waals surface area contributed by atoms with Crippen molar-refractivity contribution in [3.8, 4) is 91.5 Å². The largest absolute Gasteiger partial charge is 0.586 e. The molecule has 7 aromatic heterocycles. The van der Waals surface area contributed by atoms with Gasteiger partial charge in [0.1, 0.15) is 28.4 Å². The van der Waals surface area contributed by atoms with E-state index in [4.69, 9.17) is 26.8 Å². The molecule has 8 aliphatic rings. The summed E-state index contributed by atoms with van der Waals surface area (Å²) in [6.07, 6.45) is -6.18. The second-order valence-corrected chi connectivity index (χ2v) is 30.9. The number of pyridine rings is 7. The fraction of sp³-hybridized carbons (Fsp3) is 0.259. The summed E-state index contributed by atoms with van der Waals surface area (Å²) < 4.78 is 152. The number of halogens is 9. The van der Waals surface area contributed by atoms with Crippen molar-refractivity contribution in [2.75, 3.05) is 41.2 Å². The summed E-state index contributed by atoms with van der Waals surface area (Å²) in [6.45, 7) is 7.20. The van der Waals surface area contributed by atoms with Crippen LogP contribution in [0.5, 0.6) is 57.8 Å². The monoisotopic (exact) mass is 1770 g/mol. The highest BCUT2D eigenvalue weighted by Crippen LogP contribution is 2.57. The van der Waals surface area contributed by atoms with Crippen LogP contribution in [0, 0.1) is 47.9 Å². The Morgan fingerprint density at radius 2 is 0.701 bits per heavy atom. The first-order valence-electron chi connectivity index (χ1n) is 38.5. The summed E-state index contributed by atoms with van der Waals surface area (Å²) in [5, 5.41) is 33.9. The lowest BCUT2D eigenvalue weighted by molar-refractivity contribution is -0.386. The van der Waals surface area contributed by atoms with Gasteiger partial charge < -0.3 is 79.4 Å². The molecule has 11 aromatic rings. The lowest BCUT2D eigenvalue weighted by Crippen LogP contribution is -2.28. The number of H-pyrrole nitrogens is 1. The molecule has 127 heavy (non-hydrogen) atoms. The molecule has 4 aliphatic carbocycles. The maximum absolute atomic E-state index is 13.4. The number of carbonyl (C=O) groups is 4. The number of carbonyl (C=O) groups excluding carboxylic acids is 4. The summed E-state index contributed by atoms with van der Waals surface area (Å²) in [6, 6.07) is 35.1. The number of nitrogens with one attached hydrogen (secondary N) is 5. The van der Waals surface area contributed by atoms with E-state index >= 15 is 0 Å². The van der Waals surface area contributed by atoms with Gasteiger partial charge in [-0.25, -0.2) is 29.9 Å². The Balaban J connectivity index is 0.000000125. The Kier molecular flexibility index (Phi) is 21.5.